The lowest BCUT2D eigenvalue weighted by molar-refractivity contribution is 0.0658. The first kappa shape index (κ1) is 12.5. The molecule has 92 valence electrons. The maximum Gasteiger partial charge on any atom is 0.272 e. The van der Waals surface area contributed by atoms with Crippen molar-refractivity contribution in [1.82, 2.24) is 9.88 Å². The lowest BCUT2D eigenvalue weighted by Gasteiger charge is -2.34. The standard InChI is InChI=1S/C12H16BrN3O/c1-8-7-16(5-4-10(8)14)12(17)11-3-2-9(13)6-15-11/h2-3,6,8,10H,4-5,7,14H2,1H3. The molecule has 1 fully saturated rings. The minimum atomic E-state index is -0.00347. The van der Waals surface area contributed by atoms with Crippen molar-refractivity contribution in [2.45, 2.75) is 19.4 Å². The number of pyridine rings is 1. The molecule has 2 N–H and O–H groups in total. The van der Waals surface area contributed by atoms with Crippen LogP contribution in [-0.2, 0) is 0 Å². The summed E-state index contributed by atoms with van der Waals surface area (Å²) in [5.74, 6) is 0.347. The van der Waals surface area contributed by atoms with Gasteiger partial charge in [0, 0.05) is 29.8 Å². The van der Waals surface area contributed by atoms with Gasteiger partial charge >= 0.3 is 0 Å². The van der Waals surface area contributed by atoms with Crippen LogP contribution >= 0.6 is 15.9 Å². The summed E-state index contributed by atoms with van der Waals surface area (Å²) in [6, 6.07) is 3.78. The molecule has 1 aliphatic heterocycles. The van der Waals surface area contributed by atoms with Crippen LogP contribution in [0.4, 0.5) is 0 Å². The van der Waals surface area contributed by atoms with Gasteiger partial charge < -0.3 is 10.6 Å². The summed E-state index contributed by atoms with van der Waals surface area (Å²) in [5.41, 5.74) is 6.44. The maximum atomic E-state index is 12.2. The molecule has 1 aliphatic rings. The van der Waals surface area contributed by atoms with Crippen LogP contribution in [0.5, 0.6) is 0 Å². The Balaban J connectivity index is 2.08. The van der Waals surface area contributed by atoms with E-state index >= 15 is 0 Å². The van der Waals surface area contributed by atoms with Crippen LogP contribution in [0.25, 0.3) is 0 Å². The zero-order chi connectivity index (χ0) is 12.4. The summed E-state index contributed by atoms with van der Waals surface area (Å²) in [5, 5.41) is 0. The number of rotatable bonds is 1. The number of nitrogens with zero attached hydrogens (tertiary/aromatic N) is 2. The van der Waals surface area contributed by atoms with E-state index in [1.807, 2.05) is 11.0 Å². The second kappa shape index (κ2) is 5.14. The normalized spacial score (nSPS) is 24.8. The minimum absolute atomic E-state index is 0.00347. The van der Waals surface area contributed by atoms with Crippen molar-refractivity contribution in [3.8, 4) is 0 Å². The van der Waals surface area contributed by atoms with Gasteiger partial charge in [-0.1, -0.05) is 6.92 Å². The summed E-state index contributed by atoms with van der Waals surface area (Å²) in [6.45, 7) is 3.53. The lowest BCUT2D eigenvalue weighted by atomic mass is 9.94. The van der Waals surface area contributed by atoms with Gasteiger partial charge in [-0.15, -0.1) is 0 Å². The van der Waals surface area contributed by atoms with Crippen molar-refractivity contribution in [2.24, 2.45) is 11.7 Å². The number of halogens is 1. The van der Waals surface area contributed by atoms with Crippen LogP contribution < -0.4 is 5.73 Å². The number of hydrogen-bond acceptors (Lipinski definition) is 3. The van der Waals surface area contributed by atoms with E-state index in [9.17, 15) is 4.79 Å². The molecular weight excluding hydrogens is 282 g/mol. The summed E-state index contributed by atoms with van der Waals surface area (Å²) in [6.07, 6.45) is 2.51. The summed E-state index contributed by atoms with van der Waals surface area (Å²) < 4.78 is 0.878. The molecule has 17 heavy (non-hydrogen) atoms. The topological polar surface area (TPSA) is 59.2 Å². The molecule has 1 aromatic rings. The van der Waals surface area contributed by atoms with E-state index in [4.69, 9.17) is 5.73 Å². The van der Waals surface area contributed by atoms with E-state index in [2.05, 4.69) is 27.8 Å². The fraction of sp³-hybridized carbons (Fsp3) is 0.500. The van der Waals surface area contributed by atoms with E-state index < -0.39 is 0 Å². The lowest BCUT2D eigenvalue weighted by Crippen LogP contribution is -2.48. The van der Waals surface area contributed by atoms with Gasteiger partial charge in [-0.05, 0) is 40.4 Å². The second-order valence-electron chi connectivity index (χ2n) is 4.54. The first-order chi connectivity index (χ1) is 8.08. The Bertz CT molecular complexity index is 407. The van der Waals surface area contributed by atoms with Crippen LogP contribution in [0.1, 0.15) is 23.8 Å². The third kappa shape index (κ3) is 2.84. The molecule has 1 amide bonds. The van der Waals surface area contributed by atoms with E-state index in [-0.39, 0.29) is 11.9 Å². The molecule has 0 aromatic carbocycles. The highest BCUT2D eigenvalue weighted by Crippen LogP contribution is 2.17. The average Bonchev–Trinajstić information content (AvgIpc) is 2.33. The number of amides is 1. The predicted molar refractivity (Wildman–Crippen MR) is 69.6 cm³/mol. The summed E-state index contributed by atoms with van der Waals surface area (Å²) >= 11 is 3.30. The van der Waals surface area contributed by atoms with Gasteiger partial charge in [-0.25, -0.2) is 4.98 Å². The van der Waals surface area contributed by atoms with E-state index in [1.54, 1.807) is 12.3 Å². The number of carbonyl (C=O) groups excluding carboxylic acids is 1. The first-order valence-corrected chi connectivity index (χ1v) is 6.53. The fourth-order valence-electron chi connectivity index (χ4n) is 2.01. The molecule has 0 spiro atoms. The SMILES string of the molecule is CC1CN(C(=O)c2ccc(Br)cn2)CCC1N. The van der Waals surface area contributed by atoms with Gasteiger partial charge in [0.2, 0.25) is 0 Å². The predicted octanol–water partition coefficient (Wildman–Crippen LogP) is 1.65. The first-order valence-electron chi connectivity index (χ1n) is 5.74. The van der Waals surface area contributed by atoms with E-state index in [0.717, 1.165) is 24.0 Å². The van der Waals surface area contributed by atoms with Gasteiger partial charge in [0.1, 0.15) is 5.69 Å². The van der Waals surface area contributed by atoms with Crippen molar-refractivity contribution in [3.63, 3.8) is 0 Å². The maximum absolute atomic E-state index is 12.2. The van der Waals surface area contributed by atoms with Crippen LogP contribution in [0.2, 0.25) is 0 Å². The number of hydrogen-bond donors (Lipinski definition) is 1. The Morgan fingerprint density at radius 2 is 2.35 bits per heavy atom. The molecule has 0 radical (unpaired) electrons. The second-order valence-corrected chi connectivity index (χ2v) is 5.46. The Hall–Kier alpha value is -0.940. The minimum Gasteiger partial charge on any atom is -0.337 e. The molecule has 5 heteroatoms. The van der Waals surface area contributed by atoms with Gasteiger partial charge in [-0.2, -0.15) is 0 Å². The molecule has 2 rings (SSSR count). The summed E-state index contributed by atoms with van der Waals surface area (Å²) in [7, 11) is 0. The number of piperidine rings is 1. The van der Waals surface area contributed by atoms with Gasteiger partial charge in [0.15, 0.2) is 0 Å². The Labute approximate surface area is 109 Å². The molecule has 2 atom stereocenters. The zero-order valence-electron chi connectivity index (χ0n) is 9.77. The molecule has 0 saturated carbocycles. The van der Waals surface area contributed by atoms with Gasteiger partial charge in [0.05, 0.1) is 0 Å². The molecule has 0 bridgehead atoms. The third-order valence-corrected chi connectivity index (χ3v) is 3.67. The van der Waals surface area contributed by atoms with Crippen LogP contribution in [0.3, 0.4) is 0 Å². The highest BCUT2D eigenvalue weighted by atomic mass is 79.9. The highest BCUT2D eigenvalue weighted by Gasteiger charge is 2.27. The molecule has 2 unspecified atom stereocenters. The van der Waals surface area contributed by atoms with E-state index in [0.29, 0.717) is 11.6 Å². The molecule has 4 nitrogen and oxygen atoms in total. The Morgan fingerprint density at radius 1 is 1.59 bits per heavy atom. The van der Waals surface area contributed by atoms with Crippen molar-refractivity contribution >= 4 is 21.8 Å². The van der Waals surface area contributed by atoms with Crippen molar-refractivity contribution in [1.29, 1.82) is 0 Å². The Morgan fingerprint density at radius 3 is 2.94 bits per heavy atom. The van der Waals surface area contributed by atoms with Crippen molar-refractivity contribution in [2.75, 3.05) is 13.1 Å². The quantitative estimate of drug-likeness (QED) is 0.857. The highest BCUT2D eigenvalue weighted by molar-refractivity contribution is 9.10. The summed E-state index contributed by atoms with van der Waals surface area (Å²) in [4.78, 5) is 18.1. The number of carbonyl (C=O) groups is 1. The molecule has 1 aromatic heterocycles. The van der Waals surface area contributed by atoms with E-state index in [1.165, 1.54) is 0 Å². The van der Waals surface area contributed by atoms with Crippen LogP contribution in [0.15, 0.2) is 22.8 Å². The third-order valence-electron chi connectivity index (χ3n) is 3.21. The number of aromatic nitrogens is 1. The zero-order valence-corrected chi connectivity index (χ0v) is 11.4. The van der Waals surface area contributed by atoms with Gasteiger partial charge in [0.25, 0.3) is 5.91 Å². The molecule has 0 aliphatic carbocycles. The Kier molecular flexibility index (Phi) is 3.79. The average molecular weight is 298 g/mol. The van der Waals surface area contributed by atoms with Crippen LogP contribution in [-0.4, -0.2) is 34.9 Å². The molecule has 2 heterocycles. The largest absolute Gasteiger partial charge is 0.337 e. The molecular formula is C12H16BrN3O. The fourth-order valence-corrected chi connectivity index (χ4v) is 2.25. The van der Waals surface area contributed by atoms with Crippen LogP contribution in [0, 0.1) is 5.92 Å². The van der Waals surface area contributed by atoms with Crippen molar-refractivity contribution in [3.05, 3.63) is 28.5 Å². The smallest absolute Gasteiger partial charge is 0.272 e. The number of likely N-dealkylation sites (tertiary alicyclic amines) is 1. The van der Waals surface area contributed by atoms with Crippen molar-refractivity contribution < 1.29 is 4.79 Å². The molecule has 1 saturated heterocycles. The monoisotopic (exact) mass is 297 g/mol. The van der Waals surface area contributed by atoms with Gasteiger partial charge in [-0.3, -0.25) is 4.79 Å². The number of nitrogens with two attached hydrogens (primary N) is 1.